The lowest BCUT2D eigenvalue weighted by molar-refractivity contribution is 0.370. The number of anilines is 1. The van der Waals surface area contributed by atoms with Crippen molar-refractivity contribution in [2.24, 2.45) is 4.99 Å². The molecule has 2 N–H and O–H groups in total. The summed E-state index contributed by atoms with van der Waals surface area (Å²) in [6, 6.07) is 7.52. The van der Waals surface area contributed by atoms with Gasteiger partial charge >= 0.3 is 0 Å². The molecule has 1 aromatic carbocycles. The van der Waals surface area contributed by atoms with Crippen LogP contribution in [0.25, 0.3) is 0 Å². The summed E-state index contributed by atoms with van der Waals surface area (Å²) < 4.78 is 5.23. The summed E-state index contributed by atoms with van der Waals surface area (Å²) in [6.07, 6.45) is 0.827. The first kappa shape index (κ1) is 19.1. The fourth-order valence-corrected chi connectivity index (χ4v) is 3.45. The Bertz CT molecular complexity index is 759. The van der Waals surface area contributed by atoms with Crippen LogP contribution in [0.15, 0.2) is 33.8 Å². The van der Waals surface area contributed by atoms with E-state index in [1.54, 1.807) is 6.07 Å². The third kappa shape index (κ3) is 4.53. The summed E-state index contributed by atoms with van der Waals surface area (Å²) in [7, 11) is 0. The minimum absolute atomic E-state index is 0.339. The normalized spacial score (nSPS) is 15.3. The fourth-order valence-electron chi connectivity index (χ4n) is 3.45. The van der Waals surface area contributed by atoms with Gasteiger partial charge in [0.25, 0.3) is 0 Å². The fraction of sp³-hybridized carbons (Fsp3) is 0.500. The standard InChI is InChI=1S/C20H29N5O2/c1-4-21-20(22-10-9-17-15(2)23-27-16(17)3)25-13-11-24(12-14-25)18-7-5-6-8-19(18)26/h5-8,26H,4,9-14H2,1-3H3,(H,21,22). The second kappa shape index (κ2) is 8.79. The highest BCUT2D eigenvalue weighted by Crippen LogP contribution is 2.27. The van der Waals surface area contributed by atoms with Crippen LogP contribution in [-0.4, -0.2) is 60.4 Å². The highest BCUT2D eigenvalue weighted by molar-refractivity contribution is 5.80. The molecule has 0 saturated carbocycles. The molecule has 146 valence electrons. The van der Waals surface area contributed by atoms with Gasteiger partial charge in [0.15, 0.2) is 5.96 Å². The highest BCUT2D eigenvalue weighted by atomic mass is 16.5. The first-order chi connectivity index (χ1) is 13.1. The predicted octanol–water partition coefficient (Wildman–Crippen LogP) is 2.33. The maximum atomic E-state index is 10.1. The minimum Gasteiger partial charge on any atom is -0.506 e. The molecule has 0 aliphatic carbocycles. The smallest absolute Gasteiger partial charge is 0.194 e. The van der Waals surface area contributed by atoms with E-state index in [4.69, 9.17) is 9.52 Å². The molecule has 27 heavy (non-hydrogen) atoms. The van der Waals surface area contributed by atoms with Crippen molar-refractivity contribution in [1.82, 2.24) is 15.4 Å². The summed E-state index contributed by atoms with van der Waals surface area (Å²) >= 11 is 0. The van der Waals surface area contributed by atoms with Gasteiger partial charge in [-0.1, -0.05) is 17.3 Å². The van der Waals surface area contributed by atoms with Gasteiger partial charge in [-0.3, -0.25) is 4.99 Å². The van der Waals surface area contributed by atoms with Gasteiger partial charge in [-0.25, -0.2) is 0 Å². The average molecular weight is 371 g/mol. The number of piperazine rings is 1. The Kier molecular flexibility index (Phi) is 6.21. The van der Waals surface area contributed by atoms with E-state index >= 15 is 0 Å². The van der Waals surface area contributed by atoms with Crippen LogP contribution >= 0.6 is 0 Å². The molecule has 1 saturated heterocycles. The van der Waals surface area contributed by atoms with Crippen LogP contribution in [0, 0.1) is 13.8 Å². The molecule has 1 aliphatic rings. The molecule has 0 radical (unpaired) electrons. The Morgan fingerprint density at radius 2 is 1.96 bits per heavy atom. The molecule has 1 aromatic heterocycles. The van der Waals surface area contributed by atoms with Crippen molar-refractivity contribution in [1.29, 1.82) is 0 Å². The number of aliphatic imine (C=N–C) groups is 1. The van der Waals surface area contributed by atoms with E-state index in [1.165, 1.54) is 0 Å². The van der Waals surface area contributed by atoms with Crippen molar-refractivity contribution in [2.75, 3.05) is 44.2 Å². The van der Waals surface area contributed by atoms with E-state index < -0.39 is 0 Å². The largest absolute Gasteiger partial charge is 0.506 e. The zero-order chi connectivity index (χ0) is 19.2. The number of hydrogen-bond donors (Lipinski definition) is 2. The predicted molar refractivity (Wildman–Crippen MR) is 108 cm³/mol. The summed E-state index contributed by atoms with van der Waals surface area (Å²) in [5.41, 5.74) is 3.00. The van der Waals surface area contributed by atoms with E-state index in [-0.39, 0.29) is 0 Å². The highest BCUT2D eigenvalue weighted by Gasteiger charge is 2.21. The van der Waals surface area contributed by atoms with Crippen LogP contribution in [-0.2, 0) is 6.42 Å². The first-order valence-electron chi connectivity index (χ1n) is 9.58. The summed E-state index contributed by atoms with van der Waals surface area (Å²) in [5, 5.41) is 17.5. The maximum Gasteiger partial charge on any atom is 0.194 e. The molecule has 2 heterocycles. The Labute approximate surface area is 160 Å². The minimum atomic E-state index is 0.339. The van der Waals surface area contributed by atoms with Gasteiger partial charge in [0.1, 0.15) is 11.5 Å². The number of aromatic hydroxyl groups is 1. The number of nitrogens with one attached hydrogen (secondary N) is 1. The number of aromatic nitrogens is 1. The SMILES string of the molecule is CCNC(=NCCc1c(C)noc1C)N1CCN(c2ccccc2O)CC1. The van der Waals surface area contributed by atoms with Gasteiger partial charge in [-0.05, 0) is 39.3 Å². The van der Waals surface area contributed by atoms with Crippen molar-refractivity contribution in [3.8, 4) is 5.75 Å². The zero-order valence-corrected chi connectivity index (χ0v) is 16.4. The molecule has 7 heteroatoms. The van der Waals surface area contributed by atoms with Crippen molar-refractivity contribution in [3.63, 3.8) is 0 Å². The average Bonchev–Trinajstić information content (AvgIpc) is 3.00. The molecule has 0 bridgehead atoms. The topological polar surface area (TPSA) is 77.1 Å². The van der Waals surface area contributed by atoms with Gasteiger partial charge in [-0.2, -0.15) is 0 Å². The Balaban J connectivity index is 1.60. The number of guanidine groups is 1. The Morgan fingerprint density at radius 1 is 1.22 bits per heavy atom. The van der Waals surface area contributed by atoms with E-state index in [1.807, 2.05) is 32.0 Å². The van der Waals surface area contributed by atoms with E-state index in [0.717, 1.165) is 67.8 Å². The van der Waals surface area contributed by atoms with Gasteiger partial charge in [0.05, 0.1) is 11.4 Å². The Hall–Kier alpha value is -2.70. The van der Waals surface area contributed by atoms with Crippen LogP contribution in [0.5, 0.6) is 5.75 Å². The number of para-hydroxylation sites is 2. The third-order valence-electron chi connectivity index (χ3n) is 4.94. The lowest BCUT2D eigenvalue weighted by Crippen LogP contribution is -2.52. The first-order valence-corrected chi connectivity index (χ1v) is 9.58. The summed E-state index contributed by atoms with van der Waals surface area (Å²) in [4.78, 5) is 9.31. The van der Waals surface area contributed by atoms with Crippen molar-refractivity contribution >= 4 is 11.6 Å². The zero-order valence-electron chi connectivity index (χ0n) is 16.4. The van der Waals surface area contributed by atoms with Crippen LogP contribution in [0.3, 0.4) is 0 Å². The molecule has 0 spiro atoms. The van der Waals surface area contributed by atoms with Gasteiger partial charge < -0.3 is 24.7 Å². The third-order valence-corrected chi connectivity index (χ3v) is 4.94. The summed E-state index contributed by atoms with van der Waals surface area (Å²) in [5.74, 6) is 2.16. The van der Waals surface area contributed by atoms with E-state index in [9.17, 15) is 5.11 Å². The number of hydrogen-bond acceptors (Lipinski definition) is 5. The van der Waals surface area contributed by atoms with E-state index in [2.05, 4.69) is 27.2 Å². The molecule has 0 amide bonds. The molecule has 0 atom stereocenters. The van der Waals surface area contributed by atoms with Gasteiger partial charge in [0.2, 0.25) is 0 Å². The summed E-state index contributed by atoms with van der Waals surface area (Å²) in [6.45, 7) is 11.0. The van der Waals surface area contributed by atoms with Crippen LogP contribution < -0.4 is 10.2 Å². The number of benzene rings is 1. The molecule has 3 rings (SSSR count). The van der Waals surface area contributed by atoms with Gasteiger partial charge in [-0.15, -0.1) is 0 Å². The van der Waals surface area contributed by atoms with Crippen LogP contribution in [0.2, 0.25) is 0 Å². The number of phenols is 1. The number of aryl methyl sites for hydroxylation is 2. The second-order valence-electron chi connectivity index (χ2n) is 6.75. The maximum absolute atomic E-state index is 10.1. The number of phenolic OH excluding ortho intramolecular Hbond substituents is 1. The second-order valence-corrected chi connectivity index (χ2v) is 6.75. The molecule has 1 fully saturated rings. The van der Waals surface area contributed by atoms with Crippen molar-refractivity contribution in [2.45, 2.75) is 27.2 Å². The lowest BCUT2D eigenvalue weighted by atomic mass is 10.1. The van der Waals surface area contributed by atoms with Crippen LogP contribution in [0.1, 0.15) is 23.9 Å². The molecule has 1 aliphatic heterocycles. The van der Waals surface area contributed by atoms with E-state index in [0.29, 0.717) is 12.3 Å². The van der Waals surface area contributed by atoms with Crippen molar-refractivity contribution in [3.05, 3.63) is 41.3 Å². The van der Waals surface area contributed by atoms with Crippen molar-refractivity contribution < 1.29 is 9.63 Å². The quantitative estimate of drug-likeness (QED) is 0.620. The monoisotopic (exact) mass is 371 g/mol. The molecule has 0 unspecified atom stereocenters. The molecular formula is C20H29N5O2. The van der Waals surface area contributed by atoms with Gasteiger partial charge in [0, 0.05) is 44.8 Å². The van der Waals surface area contributed by atoms with Crippen LogP contribution in [0.4, 0.5) is 5.69 Å². The lowest BCUT2D eigenvalue weighted by Gasteiger charge is -2.37. The number of nitrogens with zero attached hydrogens (tertiary/aromatic N) is 4. The molecule has 7 nitrogen and oxygen atoms in total. The Morgan fingerprint density at radius 3 is 2.59 bits per heavy atom. The molecular weight excluding hydrogens is 342 g/mol. The number of rotatable bonds is 5. The molecule has 2 aromatic rings.